The van der Waals surface area contributed by atoms with Gasteiger partial charge in [0.2, 0.25) is 0 Å². The maximum Gasteiger partial charge on any atom is 0.255 e. The molecular formula is C20H19NO4. The molecule has 1 N–H and O–H groups in total. The normalized spacial score (nSPS) is 10.7. The van der Waals surface area contributed by atoms with Crippen LogP contribution >= 0.6 is 0 Å². The number of hydrogen-bond acceptors (Lipinski definition) is 4. The minimum atomic E-state index is -0.263. The predicted octanol–water partition coefficient (Wildman–Crippen LogP) is 3.53. The number of carbonyl (C=O) groups is 1. The number of rotatable bonds is 4. The van der Waals surface area contributed by atoms with Gasteiger partial charge in [-0.25, -0.2) is 0 Å². The van der Waals surface area contributed by atoms with E-state index in [0.29, 0.717) is 40.2 Å². The summed E-state index contributed by atoms with van der Waals surface area (Å²) in [6, 6.07) is 12.3. The molecule has 128 valence electrons. The van der Waals surface area contributed by atoms with E-state index in [0.717, 1.165) is 5.56 Å². The fraction of sp³-hybridized carbons (Fsp3) is 0.200. The lowest BCUT2D eigenvalue weighted by Gasteiger charge is -2.10. The Balaban J connectivity index is 2.26. The van der Waals surface area contributed by atoms with Crippen LogP contribution in [0.25, 0.3) is 22.3 Å². The number of methoxy groups -OCH3 is 1. The highest BCUT2D eigenvalue weighted by Crippen LogP contribution is 2.28. The average molecular weight is 337 g/mol. The van der Waals surface area contributed by atoms with Crippen LogP contribution in [0.4, 0.5) is 0 Å². The van der Waals surface area contributed by atoms with Crippen LogP contribution in [0, 0.1) is 6.92 Å². The summed E-state index contributed by atoms with van der Waals surface area (Å²) in [5.74, 6) is 0.908. The first kappa shape index (κ1) is 16.8. The van der Waals surface area contributed by atoms with Gasteiger partial charge in [0.05, 0.1) is 18.1 Å². The molecule has 3 aromatic rings. The summed E-state index contributed by atoms with van der Waals surface area (Å²) < 4.78 is 11.2. The van der Waals surface area contributed by atoms with Crippen molar-refractivity contribution < 1.29 is 13.9 Å². The Hall–Kier alpha value is -3.08. The van der Waals surface area contributed by atoms with Gasteiger partial charge < -0.3 is 14.5 Å². The maximum atomic E-state index is 12.8. The van der Waals surface area contributed by atoms with Gasteiger partial charge in [-0.1, -0.05) is 6.07 Å². The molecule has 25 heavy (non-hydrogen) atoms. The number of ether oxygens (including phenoxy) is 1. The summed E-state index contributed by atoms with van der Waals surface area (Å²) in [4.78, 5) is 25.1. The molecule has 0 radical (unpaired) electrons. The van der Waals surface area contributed by atoms with E-state index >= 15 is 0 Å². The molecule has 0 aliphatic heterocycles. The zero-order valence-corrected chi connectivity index (χ0v) is 14.4. The van der Waals surface area contributed by atoms with Gasteiger partial charge >= 0.3 is 0 Å². The van der Waals surface area contributed by atoms with Crippen molar-refractivity contribution in [3.05, 3.63) is 63.8 Å². The lowest BCUT2D eigenvalue weighted by Crippen LogP contribution is -2.23. The van der Waals surface area contributed by atoms with E-state index in [9.17, 15) is 9.59 Å². The molecule has 1 heterocycles. The van der Waals surface area contributed by atoms with Crippen molar-refractivity contribution in [2.45, 2.75) is 13.8 Å². The third-order valence-corrected chi connectivity index (χ3v) is 4.08. The van der Waals surface area contributed by atoms with Crippen molar-refractivity contribution in [2.75, 3.05) is 13.7 Å². The van der Waals surface area contributed by atoms with Crippen LogP contribution in [0.1, 0.15) is 22.8 Å². The van der Waals surface area contributed by atoms with E-state index in [-0.39, 0.29) is 11.3 Å². The second kappa shape index (κ2) is 6.81. The summed E-state index contributed by atoms with van der Waals surface area (Å²) in [5.41, 5.74) is 1.77. The molecule has 2 aromatic carbocycles. The fourth-order valence-electron chi connectivity index (χ4n) is 2.76. The Morgan fingerprint density at radius 2 is 1.88 bits per heavy atom. The lowest BCUT2D eigenvalue weighted by molar-refractivity contribution is 0.0956. The van der Waals surface area contributed by atoms with Crippen LogP contribution in [0.15, 0.2) is 51.7 Å². The van der Waals surface area contributed by atoms with Crippen molar-refractivity contribution in [1.82, 2.24) is 5.32 Å². The summed E-state index contributed by atoms with van der Waals surface area (Å²) in [6.07, 6.45) is 0. The van der Waals surface area contributed by atoms with Gasteiger partial charge in [-0.2, -0.15) is 0 Å². The monoisotopic (exact) mass is 337 g/mol. The number of para-hydroxylation sites is 1. The molecule has 5 nitrogen and oxygen atoms in total. The van der Waals surface area contributed by atoms with Crippen molar-refractivity contribution in [1.29, 1.82) is 0 Å². The summed E-state index contributed by atoms with van der Waals surface area (Å²) in [6.45, 7) is 4.06. The molecule has 0 saturated carbocycles. The van der Waals surface area contributed by atoms with Crippen molar-refractivity contribution in [3.8, 4) is 17.1 Å². The van der Waals surface area contributed by atoms with Crippen LogP contribution in [-0.4, -0.2) is 19.6 Å². The molecule has 1 amide bonds. The molecule has 0 aliphatic rings. The lowest BCUT2D eigenvalue weighted by atomic mass is 10.0. The molecular weight excluding hydrogens is 318 g/mol. The fourth-order valence-corrected chi connectivity index (χ4v) is 2.76. The number of hydrogen-bond donors (Lipinski definition) is 1. The van der Waals surface area contributed by atoms with Crippen LogP contribution < -0.4 is 15.5 Å². The smallest absolute Gasteiger partial charge is 0.255 e. The van der Waals surface area contributed by atoms with Crippen molar-refractivity contribution >= 4 is 16.9 Å². The molecule has 1 aromatic heterocycles. The first-order valence-electron chi connectivity index (χ1n) is 8.05. The average Bonchev–Trinajstić information content (AvgIpc) is 2.64. The Morgan fingerprint density at radius 3 is 2.52 bits per heavy atom. The second-order valence-electron chi connectivity index (χ2n) is 5.66. The Morgan fingerprint density at radius 1 is 1.16 bits per heavy atom. The second-order valence-corrected chi connectivity index (χ2v) is 5.66. The van der Waals surface area contributed by atoms with Gasteiger partial charge in [0.1, 0.15) is 11.5 Å². The van der Waals surface area contributed by atoms with E-state index in [1.54, 1.807) is 44.4 Å². The molecule has 3 rings (SSSR count). The minimum Gasteiger partial charge on any atom is -0.497 e. The Bertz CT molecular complexity index is 987. The topological polar surface area (TPSA) is 68.5 Å². The summed E-state index contributed by atoms with van der Waals surface area (Å²) >= 11 is 0. The molecule has 0 fully saturated rings. The molecule has 0 spiro atoms. The number of amides is 1. The van der Waals surface area contributed by atoms with Crippen molar-refractivity contribution in [2.24, 2.45) is 0 Å². The molecule has 0 aliphatic carbocycles. The van der Waals surface area contributed by atoms with E-state index in [2.05, 4.69) is 5.32 Å². The summed E-state index contributed by atoms with van der Waals surface area (Å²) in [7, 11) is 1.59. The molecule has 0 bridgehead atoms. The van der Waals surface area contributed by atoms with Gasteiger partial charge in [0.25, 0.3) is 5.91 Å². The first-order valence-corrected chi connectivity index (χ1v) is 8.05. The maximum absolute atomic E-state index is 12.8. The molecule has 0 saturated heterocycles. The van der Waals surface area contributed by atoms with Crippen LogP contribution in [0.2, 0.25) is 0 Å². The highest BCUT2D eigenvalue weighted by molar-refractivity contribution is 6.05. The number of nitrogens with one attached hydrogen (secondary N) is 1. The van der Waals surface area contributed by atoms with E-state index < -0.39 is 0 Å². The largest absolute Gasteiger partial charge is 0.497 e. The van der Waals surface area contributed by atoms with Gasteiger partial charge in [-0.05, 0) is 50.2 Å². The zero-order chi connectivity index (χ0) is 18.0. The summed E-state index contributed by atoms with van der Waals surface area (Å²) in [5, 5.41) is 3.15. The van der Waals surface area contributed by atoms with Gasteiger partial charge in [0, 0.05) is 17.7 Å². The Labute approximate surface area is 145 Å². The van der Waals surface area contributed by atoms with E-state index in [1.807, 2.05) is 19.1 Å². The molecule has 0 atom stereocenters. The third kappa shape index (κ3) is 3.01. The number of fused-ring (bicyclic) bond motifs is 1. The standard InChI is InChI=1S/C20H19NO4/c1-4-21-20(23)16-7-5-6-15-17(22)12(2)18(25-19(15)16)13-8-10-14(24-3)11-9-13/h5-11H,4H2,1-3H3,(H,21,23). The van der Waals surface area contributed by atoms with Gasteiger partial charge in [0.15, 0.2) is 11.0 Å². The van der Waals surface area contributed by atoms with Crippen LogP contribution in [-0.2, 0) is 0 Å². The highest BCUT2D eigenvalue weighted by Gasteiger charge is 2.18. The predicted molar refractivity (Wildman–Crippen MR) is 97.2 cm³/mol. The number of benzene rings is 2. The number of carbonyl (C=O) groups excluding carboxylic acids is 1. The van der Waals surface area contributed by atoms with Crippen molar-refractivity contribution in [3.63, 3.8) is 0 Å². The molecule has 5 heteroatoms. The van der Waals surface area contributed by atoms with Crippen LogP contribution in [0.5, 0.6) is 5.75 Å². The minimum absolute atomic E-state index is 0.141. The highest BCUT2D eigenvalue weighted by atomic mass is 16.5. The van der Waals surface area contributed by atoms with Gasteiger partial charge in [-0.15, -0.1) is 0 Å². The SMILES string of the molecule is CCNC(=O)c1cccc2c(=O)c(C)c(-c3ccc(OC)cc3)oc12. The Kier molecular flexibility index (Phi) is 4.57. The zero-order valence-electron chi connectivity index (χ0n) is 14.4. The molecule has 0 unspecified atom stereocenters. The van der Waals surface area contributed by atoms with Gasteiger partial charge in [-0.3, -0.25) is 9.59 Å². The first-order chi connectivity index (χ1) is 12.1. The van der Waals surface area contributed by atoms with E-state index in [1.165, 1.54) is 0 Å². The van der Waals surface area contributed by atoms with E-state index in [4.69, 9.17) is 9.15 Å². The van der Waals surface area contributed by atoms with Crippen LogP contribution in [0.3, 0.4) is 0 Å². The third-order valence-electron chi connectivity index (χ3n) is 4.08. The quantitative estimate of drug-likeness (QED) is 0.791.